The minimum atomic E-state index is -0.312. The molecule has 0 bridgehead atoms. The van der Waals surface area contributed by atoms with E-state index in [2.05, 4.69) is 20.4 Å². The van der Waals surface area contributed by atoms with Gasteiger partial charge in [0.1, 0.15) is 23.5 Å². The highest BCUT2D eigenvalue weighted by Gasteiger charge is 2.08. The number of halogens is 1. The molecule has 0 amide bonds. The van der Waals surface area contributed by atoms with Crippen LogP contribution in [0.3, 0.4) is 0 Å². The van der Waals surface area contributed by atoms with Gasteiger partial charge >= 0.3 is 0 Å². The number of fused-ring (bicyclic) bond motifs is 1. The van der Waals surface area contributed by atoms with Crippen LogP contribution in [0.1, 0.15) is 11.5 Å². The van der Waals surface area contributed by atoms with Crippen LogP contribution in [0.5, 0.6) is 0 Å². The molecule has 5 nitrogen and oxygen atoms in total. The van der Waals surface area contributed by atoms with Crippen molar-refractivity contribution in [3.63, 3.8) is 0 Å². The Morgan fingerprint density at radius 3 is 2.95 bits per heavy atom. The Kier molecular flexibility index (Phi) is 3.06. The fraction of sp³-hybridized carbons (Fsp3) is 0.214. The van der Waals surface area contributed by atoms with Gasteiger partial charge < -0.3 is 5.32 Å². The van der Waals surface area contributed by atoms with Crippen LogP contribution in [0.25, 0.3) is 10.9 Å². The third kappa shape index (κ3) is 2.20. The number of pyridine rings is 1. The molecule has 1 N–H and O–H groups in total. The molecule has 0 unspecified atom stereocenters. The van der Waals surface area contributed by atoms with Gasteiger partial charge in [0.15, 0.2) is 0 Å². The van der Waals surface area contributed by atoms with Gasteiger partial charge in [0, 0.05) is 23.8 Å². The van der Waals surface area contributed by atoms with Crippen LogP contribution in [0.15, 0.2) is 30.6 Å². The van der Waals surface area contributed by atoms with Gasteiger partial charge in [0.05, 0.1) is 6.54 Å². The van der Waals surface area contributed by atoms with Crippen molar-refractivity contribution >= 4 is 16.6 Å². The van der Waals surface area contributed by atoms with E-state index in [0.717, 1.165) is 22.6 Å². The second kappa shape index (κ2) is 4.88. The molecule has 1 aromatic carbocycles. The van der Waals surface area contributed by atoms with E-state index in [-0.39, 0.29) is 5.82 Å². The molecule has 20 heavy (non-hydrogen) atoms. The van der Waals surface area contributed by atoms with Gasteiger partial charge in [-0.05, 0) is 19.1 Å². The van der Waals surface area contributed by atoms with Gasteiger partial charge in [-0.25, -0.2) is 14.4 Å². The highest BCUT2D eigenvalue weighted by molar-refractivity contribution is 5.91. The third-order valence-electron chi connectivity index (χ3n) is 3.16. The third-order valence-corrected chi connectivity index (χ3v) is 3.16. The Labute approximate surface area is 115 Å². The Balaban J connectivity index is 1.99. The highest BCUT2D eigenvalue weighted by Crippen LogP contribution is 2.25. The first kappa shape index (κ1) is 12.5. The Morgan fingerprint density at radius 2 is 2.20 bits per heavy atom. The van der Waals surface area contributed by atoms with E-state index in [0.29, 0.717) is 12.1 Å². The fourth-order valence-corrected chi connectivity index (χ4v) is 2.14. The normalized spacial score (nSPS) is 10.9. The quantitative estimate of drug-likeness (QED) is 0.795. The first-order valence-corrected chi connectivity index (χ1v) is 6.28. The van der Waals surface area contributed by atoms with E-state index in [1.165, 1.54) is 12.4 Å². The molecule has 3 aromatic rings. The Hall–Kier alpha value is -2.50. The number of hydrogen-bond acceptors (Lipinski definition) is 4. The predicted molar refractivity (Wildman–Crippen MR) is 74.8 cm³/mol. The smallest absolute Gasteiger partial charge is 0.149 e. The number of anilines is 1. The van der Waals surface area contributed by atoms with Crippen molar-refractivity contribution in [2.24, 2.45) is 7.05 Å². The molecule has 6 heteroatoms. The molecule has 2 heterocycles. The summed E-state index contributed by atoms with van der Waals surface area (Å²) in [5.74, 6) is 0.497. The molecule has 0 atom stereocenters. The van der Waals surface area contributed by atoms with E-state index in [1.807, 2.05) is 26.1 Å². The summed E-state index contributed by atoms with van der Waals surface area (Å²) in [4.78, 5) is 8.40. The first-order chi connectivity index (χ1) is 9.65. The maximum absolute atomic E-state index is 13.8. The zero-order valence-corrected chi connectivity index (χ0v) is 11.3. The molecule has 0 saturated carbocycles. The minimum absolute atomic E-state index is 0.312. The van der Waals surface area contributed by atoms with Crippen molar-refractivity contribution in [3.8, 4) is 0 Å². The van der Waals surface area contributed by atoms with Crippen molar-refractivity contribution in [3.05, 3.63) is 47.9 Å². The lowest BCUT2D eigenvalue weighted by Gasteiger charge is -2.10. The molecule has 0 aliphatic rings. The summed E-state index contributed by atoms with van der Waals surface area (Å²) in [5, 5.41) is 8.05. The number of para-hydroxylation sites is 1. The summed E-state index contributed by atoms with van der Waals surface area (Å²) in [7, 11) is 1.83. The average molecular weight is 271 g/mol. The number of nitrogens with zero attached hydrogens (tertiary/aromatic N) is 4. The van der Waals surface area contributed by atoms with E-state index < -0.39 is 0 Å². The second-order valence-electron chi connectivity index (χ2n) is 4.60. The molecule has 0 saturated heterocycles. The van der Waals surface area contributed by atoms with Crippen LogP contribution in [0.2, 0.25) is 0 Å². The molecule has 0 spiro atoms. The molecular formula is C14H14FN5. The van der Waals surface area contributed by atoms with Crippen LogP contribution in [-0.2, 0) is 13.6 Å². The maximum Gasteiger partial charge on any atom is 0.149 e. The Bertz CT molecular complexity index is 765. The first-order valence-electron chi connectivity index (χ1n) is 6.28. The van der Waals surface area contributed by atoms with Gasteiger partial charge in [-0.2, -0.15) is 5.10 Å². The SMILES string of the molecule is Cc1cc(NCc2ncnn2C)c2cccc(F)c2n1. The van der Waals surface area contributed by atoms with E-state index >= 15 is 0 Å². The lowest BCUT2D eigenvalue weighted by Crippen LogP contribution is -2.07. The van der Waals surface area contributed by atoms with Gasteiger partial charge in [-0.15, -0.1) is 0 Å². The van der Waals surface area contributed by atoms with Crippen LogP contribution >= 0.6 is 0 Å². The van der Waals surface area contributed by atoms with Gasteiger partial charge in [0.2, 0.25) is 0 Å². The molecule has 102 valence electrons. The number of rotatable bonds is 3. The number of hydrogen-bond donors (Lipinski definition) is 1. The second-order valence-corrected chi connectivity index (χ2v) is 4.60. The summed E-state index contributed by atoms with van der Waals surface area (Å²) in [6, 6.07) is 6.85. The van der Waals surface area contributed by atoms with Crippen molar-refractivity contribution in [2.45, 2.75) is 13.5 Å². The van der Waals surface area contributed by atoms with Crippen molar-refractivity contribution < 1.29 is 4.39 Å². The monoisotopic (exact) mass is 271 g/mol. The fourth-order valence-electron chi connectivity index (χ4n) is 2.14. The van der Waals surface area contributed by atoms with E-state index in [4.69, 9.17) is 0 Å². The molecular weight excluding hydrogens is 257 g/mol. The van der Waals surface area contributed by atoms with Crippen molar-refractivity contribution in [1.82, 2.24) is 19.7 Å². The summed E-state index contributed by atoms with van der Waals surface area (Å²) in [6.07, 6.45) is 1.51. The number of aryl methyl sites for hydroxylation is 2. The molecule has 3 rings (SSSR count). The van der Waals surface area contributed by atoms with Crippen LogP contribution in [-0.4, -0.2) is 19.7 Å². The van der Waals surface area contributed by atoms with Crippen molar-refractivity contribution in [1.29, 1.82) is 0 Å². The summed E-state index contributed by atoms with van der Waals surface area (Å²) >= 11 is 0. The molecule has 0 aliphatic carbocycles. The number of aromatic nitrogens is 4. The minimum Gasteiger partial charge on any atom is -0.377 e. The molecule has 0 radical (unpaired) electrons. The summed E-state index contributed by atoms with van der Waals surface area (Å²) in [6.45, 7) is 2.37. The van der Waals surface area contributed by atoms with Crippen molar-refractivity contribution in [2.75, 3.05) is 5.32 Å². The lowest BCUT2D eigenvalue weighted by molar-refractivity contribution is 0.636. The zero-order valence-electron chi connectivity index (χ0n) is 11.3. The largest absolute Gasteiger partial charge is 0.377 e. The maximum atomic E-state index is 13.8. The van der Waals surface area contributed by atoms with E-state index in [9.17, 15) is 4.39 Å². The van der Waals surface area contributed by atoms with Gasteiger partial charge in [-0.3, -0.25) is 4.68 Å². The molecule has 0 fully saturated rings. The van der Waals surface area contributed by atoms with Gasteiger partial charge in [-0.1, -0.05) is 12.1 Å². The van der Waals surface area contributed by atoms with Crippen LogP contribution < -0.4 is 5.32 Å². The average Bonchev–Trinajstić information content (AvgIpc) is 2.83. The topological polar surface area (TPSA) is 55.6 Å². The standard InChI is InChI=1S/C14H14FN5/c1-9-6-12(16-7-13-17-8-18-20(13)2)10-4-3-5-11(15)14(10)19-9/h3-6,8H,7H2,1-2H3,(H,16,19). The number of benzene rings is 1. The van der Waals surface area contributed by atoms with E-state index in [1.54, 1.807) is 10.7 Å². The Morgan fingerprint density at radius 1 is 1.35 bits per heavy atom. The zero-order chi connectivity index (χ0) is 14.1. The number of nitrogens with one attached hydrogen (secondary N) is 1. The molecule has 0 aliphatic heterocycles. The molecule has 2 aromatic heterocycles. The predicted octanol–water partition coefficient (Wildman–Crippen LogP) is 2.42. The van der Waals surface area contributed by atoms with Crippen LogP contribution in [0, 0.1) is 12.7 Å². The lowest BCUT2D eigenvalue weighted by atomic mass is 10.1. The summed E-state index contributed by atoms with van der Waals surface area (Å²) < 4.78 is 15.5. The van der Waals surface area contributed by atoms with Crippen LogP contribution in [0.4, 0.5) is 10.1 Å². The highest BCUT2D eigenvalue weighted by atomic mass is 19.1. The van der Waals surface area contributed by atoms with Gasteiger partial charge in [0.25, 0.3) is 0 Å². The summed E-state index contributed by atoms with van der Waals surface area (Å²) in [5.41, 5.74) is 1.99.